The Labute approximate surface area is 65.2 Å². The zero-order chi connectivity index (χ0) is 7.68. The molecule has 11 heavy (non-hydrogen) atoms. The molecular weight excluding hydrogens is 138 g/mol. The first-order valence-electron chi connectivity index (χ1n) is 3.66. The molecule has 56 valence electrons. The number of oxazole rings is 1. The molecule has 0 N–H and O–H groups in total. The first-order chi connectivity index (χ1) is 5.36. The van der Waals surface area contributed by atoms with E-state index >= 15 is 0 Å². The second-order valence-corrected chi connectivity index (χ2v) is 2.68. The normalized spacial score (nSPS) is 21.4. The van der Waals surface area contributed by atoms with Gasteiger partial charge in [-0.25, -0.2) is 4.98 Å². The number of nitrogens with zero attached hydrogens (tertiary/aromatic N) is 1. The van der Waals surface area contributed by atoms with Gasteiger partial charge in [-0.1, -0.05) is 19.1 Å². The van der Waals surface area contributed by atoms with Crippen LogP contribution in [0, 0.1) is 5.92 Å². The van der Waals surface area contributed by atoms with Crippen LogP contribution in [0.5, 0.6) is 0 Å². The molecule has 0 spiro atoms. The highest BCUT2D eigenvalue weighted by molar-refractivity contribution is 5.60. The lowest BCUT2D eigenvalue weighted by Gasteiger charge is -1.90. The van der Waals surface area contributed by atoms with Crippen LogP contribution >= 0.6 is 0 Å². The van der Waals surface area contributed by atoms with Crippen LogP contribution in [0.4, 0.5) is 0 Å². The highest BCUT2D eigenvalue weighted by Crippen LogP contribution is 2.17. The summed E-state index contributed by atoms with van der Waals surface area (Å²) in [5.41, 5.74) is 0.922. The van der Waals surface area contributed by atoms with E-state index in [9.17, 15) is 0 Å². The molecule has 0 aromatic carbocycles. The number of rotatable bonds is 0. The average Bonchev–Trinajstić information content (AvgIpc) is 2.38. The maximum Gasteiger partial charge on any atom is 0.181 e. The van der Waals surface area contributed by atoms with Gasteiger partial charge >= 0.3 is 0 Å². The summed E-state index contributed by atoms with van der Waals surface area (Å²) in [5, 5.41) is 0. The monoisotopic (exact) mass is 147 g/mol. The molecule has 1 atom stereocenters. The fraction of sp³-hybridized carbons (Fsp3) is 0.222. The molecule has 2 nitrogen and oxygen atoms in total. The molecule has 2 rings (SSSR count). The van der Waals surface area contributed by atoms with Crippen molar-refractivity contribution in [3.8, 4) is 0 Å². The lowest BCUT2D eigenvalue weighted by atomic mass is 10.2. The van der Waals surface area contributed by atoms with E-state index in [2.05, 4.69) is 24.1 Å². The summed E-state index contributed by atoms with van der Waals surface area (Å²) in [5.74, 6) is 1.32. The second-order valence-electron chi connectivity index (χ2n) is 2.68. The minimum Gasteiger partial charge on any atom is -0.443 e. The zero-order valence-electron chi connectivity index (χ0n) is 6.32. The standard InChI is InChI=1S/C9H9NO/c1-7-2-4-8-9(5-3-7)11-6-10-8/h2-7H,1H3. The molecule has 0 amide bonds. The number of aromatic nitrogens is 1. The van der Waals surface area contributed by atoms with Crippen molar-refractivity contribution in [2.24, 2.45) is 5.92 Å². The summed E-state index contributed by atoms with van der Waals surface area (Å²) in [6.45, 7) is 2.12. The zero-order valence-corrected chi connectivity index (χ0v) is 6.32. The van der Waals surface area contributed by atoms with Crippen molar-refractivity contribution in [3.63, 3.8) is 0 Å². The van der Waals surface area contributed by atoms with Gasteiger partial charge in [0.15, 0.2) is 12.2 Å². The molecule has 0 radical (unpaired) electrons. The van der Waals surface area contributed by atoms with Crippen LogP contribution in [0.15, 0.2) is 23.0 Å². The minimum atomic E-state index is 0.472. The van der Waals surface area contributed by atoms with E-state index in [1.165, 1.54) is 6.39 Å². The van der Waals surface area contributed by atoms with E-state index in [0.717, 1.165) is 11.5 Å². The van der Waals surface area contributed by atoms with Crippen molar-refractivity contribution in [2.45, 2.75) is 6.92 Å². The molecule has 1 aliphatic carbocycles. The number of allylic oxidation sites excluding steroid dienone is 2. The van der Waals surface area contributed by atoms with Gasteiger partial charge < -0.3 is 4.42 Å². The Hall–Kier alpha value is -1.31. The Kier molecular flexibility index (Phi) is 1.39. The van der Waals surface area contributed by atoms with Gasteiger partial charge in [0.25, 0.3) is 0 Å². The van der Waals surface area contributed by atoms with Crippen molar-refractivity contribution in [1.29, 1.82) is 0 Å². The predicted octanol–water partition coefficient (Wildman–Crippen LogP) is 2.35. The number of fused-ring (bicyclic) bond motifs is 1. The van der Waals surface area contributed by atoms with Gasteiger partial charge in [-0.05, 0) is 18.1 Å². The van der Waals surface area contributed by atoms with Gasteiger partial charge in [0.05, 0.1) is 0 Å². The molecule has 0 bridgehead atoms. The third kappa shape index (κ3) is 1.11. The first-order valence-corrected chi connectivity index (χ1v) is 3.66. The van der Waals surface area contributed by atoms with Crippen molar-refractivity contribution < 1.29 is 4.42 Å². The third-order valence-electron chi connectivity index (χ3n) is 1.73. The summed E-state index contributed by atoms with van der Waals surface area (Å²) in [6.07, 6.45) is 9.62. The summed E-state index contributed by atoms with van der Waals surface area (Å²) >= 11 is 0. The van der Waals surface area contributed by atoms with Crippen LogP contribution in [0.1, 0.15) is 18.4 Å². The quantitative estimate of drug-likeness (QED) is 0.563. The Morgan fingerprint density at radius 3 is 3.09 bits per heavy atom. The van der Waals surface area contributed by atoms with Crippen LogP contribution in [-0.2, 0) is 0 Å². The van der Waals surface area contributed by atoms with E-state index in [-0.39, 0.29) is 0 Å². The van der Waals surface area contributed by atoms with Gasteiger partial charge in [0, 0.05) is 0 Å². The Morgan fingerprint density at radius 2 is 2.18 bits per heavy atom. The largest absolute Gasteiger partial charge is 0.443 e. The van der Waals surface area contributed by atoms with Crippen LogP contribution in [0.3, 0.4) is 0 Å². The summed E-state index contributed by atoms with van der Waals surface area (Å²) in [6, 6.07) is 0. The molecule has 1 aromatic heterocycles. The summed E-state index contributed by atoms with van der Waals surface area (Å²) in [4.78, 5) is 4.05. The van der Waals surface area contributed by atoms with Crippen molar-refractivity contribution in [1.82, 2.24) is 4.98 Å². The highest BCUT2D eigenvalue weighted by atomic mass is 16.3. The van der Waals surface area contributed by atoms with Crippen LogP contribution < -0.4 is 0 Å². The molecule has 1 heterocycles. The SMILES string of the molecule is CC1C=Cc2ncoc2C=C1. The van der Waals surface area contributed by atoms with Crippen molar-refractivity contribution in [3.05, 3.63) is 30.0 Å². The van der Waals surface area contributed by atoms with Gasteiger partial charge in [-0.15, -0.1) is 0 Å². The topological polar surface area (TPSA) is 26.0 Å². The Bertz CT molecular complexity index is 281. The van der Waals surface area contributed by atoms with Gasteiger partial charge in [0.2, 0.25) is 0 Å². The van der Waals surface area contributed by atoms with E-state index in [4.69, 9.17) is 4.42 Å². The number of hydrogen-bond acceptors (Lipinski definition) is 2. The molecule has 0 saturated heterocycles. The van der Waals surface area contributed by atoms with Gasteiger partial charge in [0.1, 0.15) is 5.69 Å². The third-order valence-corrected chi connectivity index (χ3v) is 1.73. The maximum absolute atomic E-state index is 5.14. The fourth-order valence-electron chi connectivity index (χ4n) is 1.06. The minimum absolute atomic E-state index is 0.472. The molecular formula is C9H9NO. The molecule has 0 saturated carbocycles. The van der Waals surface area contributed by atoms with Gasteiger partial charge in [-0.3, -0.25) is 0 Å². The van der Waals surface area contributed by atoms with Crippen LogP contribution in [0.25, 0.3) is 12.2 Å². The maximum atomic E-state index is 5.14. The van der Waals surface area contributed by atoms with E-state index in [1.54, 1.807) is 0 Å². The number of hydrogen-bond donors (Lipinski definition) is 0. The van der Waals surface area contributed by atoms with Crippen LogP contribution in [-0.4, -0.2) is 4.98 Å². The first kappa shape index (κ1) is 6.40. The lowest BCUT2D eigenvalue weighted by Crippen LogP contribution is -1.77. The molecule has 0 aliphatic heterocycles. The smallest absolute Gasteiger partial charge is 0.181 e. The molecule has 1 aliphatic rings. The molecule has 2 heteroatoms. The van der Waals surface area contributed by atoms with E-state index in [0.29, 0.717) is 5.92 Å². The van der Waals surface area contributed by atoms with E-state index < -0.39 is 0 Å². The fourth-order valence-corrected chi connectivity index (χ4v) is 1.06. The highest BCUT2D eigenvalue weighted by Gasteiger charge is 2.04. The Morgan fingerprint density at radius 1 is 1.36 bits per heavy atom. The molecule has 0 fully saturated rings. The van der Waals surface area contributed by atoms with Crippen molar-refractivity contribution in [2.75, 3.05) is 0 Å². The predicted molar refractivity (Wildman–Crippen MR) is 43.7 cm³/mol. The molecule has 1 unspecified atom stereocenters. The van der Waals surface area contributed by atoms with Gasteiger partial charge in [-0.2, -0.15) is 0 Å². The second kappa shape index (κ2) is 2.38. The Balaban J connectivity index is 2.48. The molecule has 1 aromatic rings. The van der Waals surface area contributed by atoms with E-state index in [1.807, 2.05) is 12.2 Å². The van der Waals surface area contributed by atoms with Crippen molar-refractivity contribution >= 4 is 12.2 Å². The van der Waals surface area contributed by atoms with Crippen LogP contribution in [0.2, 0.25) is 0 Å². The lowest BCUT2D eigenvalue weighted by molar-refractivity contribution is 0.547. The summed E-state index contributed by atoms with van der Waals surface area (Å²) < 4.78 is 5.14. The average molecular weight is 147 g/mol. The summed E-state index contributed by atoms with van der Waals surface area (Å²) in [7, 11) is 0.